The molecule has 3 aromatic carbocycles. The quantitative estimate of drug-likeness (QED) is 0.245. The van der Waals surface area contributed by atoms with Crippen LogP contribution in [0.25, 0.3) is 10.8 Å². The summed E-state index contributed by atoms with van der Waals surface area (Å²) in [7, 11) is 0. The van der Waals surface area contributed by atoms with Gasteiger partial charge in [0.15, 0.2) is 11.2 Å². The first-order valence-electron chi connectivity index (χ1n) is 11.3. The Morgan fingerprint density at radius 2 is 1.71 bits per heavy atom. The van der Waals surface area contributed by atoms with Crippen LogP contribution in [0.2, 0.25) is 5.02 Å². The molecule has 1 saturated carbocycles. The summed E-state index contributed by atoms with van der Waals surface area (Å²) in [6.07, 6.45) is 0. The van der Waals surface area contributed by atoms with Gasteiger partial charge in [-0.2, -0.15) is 0 Å². The molecule has 0 bridgehead atoms. The van der Waals surface area contributed by atoms with Crippen LogP contribution in [0.3, 0.4) is 0 Å². The van der Waals surface area contributed by atoms with E-state index in [-0.39, 0.29) is 11.7 Å². The molecule has 3 aromatic rings. The fourth-order valence-corrected chi connectivity index (χ4v) is 6.08. The Kier molecular flexibility index (Phi) is 4.63. The third-order valence-corrected chi connectivity index (χ3v) is 7.96. The monoisotopic (exact) mass is 475 g/mol. The van der Waals surface area contributed by atoms with Gasteiger partial charge in [0.2, 0.25) is 5.91 Å². The number of halogens is 1. The van der Waals surface area contributed by atoms with Crippen LogP contribution < -0.4 is 4.74 Å². The normalized spacial score (nSPS) is 27.5. The Bertz CT molecular complexity index is 1360. The summed E-state index contributed by atoms with van der Waals surface area (Å²) in [6.45, 7) is 3.25. The second-order valence-electron chi connectivity index (χ2n) is 9.27. The van der Waals surface area contributed by atoms with Crippen molar-refractivity contribution in [1.29, 1.82) is 0 Å². The van der Waals surface area contributed by atoms with Crippen LogP contribution in [-0.4, -0.2) is 48.9 Å². The Balaban J connectivity index is 1.57. The molecule has 2 heterocycles. The maximum atomic E-state index is 14.1. The smallest absolute Gasteiger partial charge is 0.328 e. The second kappa shape index (κ2) is 7.39. The van der Waals surface area contributed by atoms with Gasteiger partial charge in [0, 0.05) is 35.2 Å². The predicted molar refractivity (Wildman–Crippen MR) is 126 cm³/mol. The zero-order valence-corrected chi connectivity index (χ0v) is 19.3. The number of hydrogen-bond donors (Lipinski definition) is 0. The SMILES string of the molecule is C[C@]1(C(=O)c2ccc(Cl)cc2)[C@H]2c3c(ccc4ccccc34)OC(=O)[C@@]21C(=O)N1CCOCC1. The van der Waals surface area contributed by atoms with Crippen molar-refractivity contribution >= 4 is 40.0 Å². The zero-order chi connectivity index (χ0) is 23.7. The average molecular weight is 476 g/mol. The van der Waals surface area contributed by atoms with Gasteiger partial charge in [0.25, 0.3) is 0 Å². The number of ether oxygens (including phenoxy) is 2. The highest BCUT2D eigenvalue weighted by Crippen LogP contribution is 2.79. The lowest BCUT2D eigenvalue weighted by Gasteiger charge is -2.32. The number of Topliss-reactive ketones (excluding diaryl/α,β-unsaturated/α-hetero) is 1. The van der Waals surface area contributed by atoms with E-state index in [4.69, 9.17) is 21.1 Å². The van der Waals surface area contributed by atoms with Gasteiger partial charge < -0.3 is 14.4 Å². The van der Waals surface area contributed by atoms with Crippen molar-refractivity contribution in [2.24, 2.45) is 10.8 Å². The average Bonchev–Trinajstić information content (AvgIpc) is 3.46. The molecule has 0 unspecified atom stereocenters. The van der Waals surface area contributed by atoms with Crippen molar-refractivity contribution in [3.8, 4) is 5.75 Å². The van der Waals surface area contributed by atoms with Gasteiger partial charge in [-0.3, -0.25) is 14.4 Å². The molecule has 7 heteroatoms. The van der Waals surface area contributed by atoms with E-state index in [9.17, 15) is 14.4 Å². The van der Waals surface area contributed by atoms with E-state index in [1.165, 1.54) is 0 Å². The summed E-state index contributed by atoms with van der Waals surface area (Å²) in [6, 6.07) is 18.0. The number of carbonyl (C=O) groups is 3. The van der Waals surface area contributed by atoms with E-state index in [1.807, 2.05) is 30.3 Å². The maximum absolute atomic E-state index is 14.1. The maximum Gasteiger partial charge on any atom is 0.328 e. The molecule has 2 fully saturated rings. The molecule has 34 heavy (non-hydrogen) atoms. The molecule has 6 nitrogen and oxygen atoms in total. The fourth-order valence-electron chi connectivity index (χ4n) is 5.96. The van der Waals surface area contributed by atoms with Crippen molar-refractivity contribution in [2.45, 2.75) is 12.8 Å². The van der Waals surface area contributed by atoms with Crippen LogP contribution in [0.4, 0.5) is 0 Å². The molecule has 0 N–H and O–H groups in total. The third kappa shape index (κ3) is 2.64. The molecule has 2 aliphatic heterocycles. The van der Waals surface area contributed by atoms with E-state index in [2.05, 4.69) is 0 Å². The molecule has 0 spiro atoms. The van der Waals surface area contributed by atoms with Gasteiger partial charge in [-0.05, 0) is 48.0 Å². The van der Waals surface area contributed by atoms with E-state index < -0.39 is 22.7 Å². The number of benzene rings is 3. The topological polar surface area (TPSA) is 72.9 Å². The highest BCUT2D eigenvalue weighted by atomic mass is 35.5. The molecule has 0 radical (unpaired) electrons. The third-order valence-electron chi connectivity index (χ3n) is 7.70. The van der Waals surface area contributed by atoms with Crippen LogP contribution in [0.5, 0.6) is 5.75 Å². The van der Waals surface area contributed by atoms with Crippen LogP contribution in [0.15, 0.2) is 60.7 Å². The lowest BCUT2D eigenvalue weighted by atomic mass is 9.86. The van der Waals surface area contributed by atoms with Gasteiger partial charge in [-0.15, -0.1) is 0 Å². The molecule has 3 aliphatic rings. The number of hydrogen-bond acceptors (Lipinski definition) is 5. The highest BCUT2D eigenvalue weighted by molar-refractivity contribution is 6.30. The molecule has 1 aliphatic carbocycles. The van der Waals surface area contributed by atoms with Gasteiger partial charge in [0.05, 0.1) is 18.6 Å². The van der Waals surface area contributed by atoms with Crippen LogP contribution >= 0.6 is 11.6 Å². The number of fused-ring (bicyclic) bond motifs is 5. The molecule has 3 atom stereocenters. The van der Waals surface area contributed by atoms with Crippen molar-refractivity contribution in [2.75, 3.05) is 26.3 Å². The van der Waals surface area contributed by atoms with Gasteiger partial charge in [-0.25, -0.2) is 0 Å². The number of ketones is 1. The molecule has 6 rings (SSSR count). The van der Waals surface area contributed by atoms with Crippen LogP contribution in [-0.2, 0) is 14.3 Å². The summed E-state index contributed by atoms with van der Waals surface area (Å²) in [5, 5.41) is 2.34. The largest absolute Gasteiger partial charge is 0.425 e. The first-order valence-corrected chi connectivity index (χ1v) is 11.7. The molecule has 0 aromatic heterocycles. The van der Waals surface area contributed by atoms with Crippen LogP contribution in [0.1, 0.15) is 28.8 Å². The van der Waals surface area contributed by atoms with Crippen molar-refractivity contribution in [3.63, 3.8) is 0 Å². The van der Waals surface area contributed by atoms with Crippen molar-refractivity contribution in [3.05, 3.63) is 76.8 Å². The number of rotatable bonds is 3. The standard InChI is InChI=1S/C27H22ClNO5/c1-26(23(30)17-6-9-18(28)10-7-17)22-21-19-5-3-2-4-16(19)8-11-20(21)34-25(32)27(22,26)24(31)29-12-14-33-15-13-29/h2-11,22H,12-15H2,1H3/t22-,26-,27+/m1/s1. The van der Waals surface area contributed by atoms with Gasteiger partial charge >= 0.3 is 5.97 Å². The minimum absolute atomic E-state index is 0.270. The Labute approximate surface area is 201 Å². The van der Waals surface area contributed by atoms with Crippen molar-refractivity contribution in [1.82, 2.24) is 4.90 Å². The molecular formula is C27H22ClNO5. The Hall–Kier alpha value is -3.22. The Morgan fingerprint density at radius 1 is 1.00 bits per heavy atom. The molecule has 1 amide bonds. The van der Waals surface area contributed by atoms with E-state index >= 15 is 0 Å². The number of nitrogens with zero attached hydrogens (tertiary/aromatic N) is 1. The fraction of sp³-hybridized carbons (Fsp3) is 0.296. The summed E-state index contributed by atoms with van der Waals surface area (Å²) in [5.41, 5.74) is -1.78. The summed E-state index contributed by atoms with van der Waals surface area (Å²) < 4.78 is 11.2. The number of carbonyl (C=O) groups excluding carboxylic acids is 3. The minimum Gasteiger partial charge on any atom is -0.425 e. The lowest BCUT2D eigenvalue weighted by molar-refractivity contribution is -0.156. The second-order valence-corrected chi connectivity index (χ2v) is 9.71. The summed E-state index contributed by atoms with van der Waals surface area (Å²) >= 11 is 6.04. The molecule has 172 valence electrons. The van der Waals surface area contributed by atoms with Crippen LogP contribution in [0, 0.1) is 10.8 Å². The molecular weight excluding hydrogens is 454 g/mol. The minimum atomic E-state index is -1.63. The predicted octanol–water partition coefficient (Wildman–Crippen LogP) is 4.24. The van der Waals surface area contributed by atoms with Crippen molar-refractivity contribution < 1.29 is 23.9 Å². The first-order chi connectivity index (χ1) is 16.4. The highest BCUT2D eigenvalue weighted by Gasteiger charge is 2.88. The lowest BCUT2D eigenvalue weighted by Crippen LogP contribution is -2.50. The summed E-state index contributed by atoms with van der Waals surface area (Å²) in [5.74, 6) is -1.53. The number of esters is 1. The molecule has 1 saturated heterocycles. The number of morpholine rings is 1. The Morgan fingerprint density at radius 3 is 2.44 bits per heavy atom. The van der Waals surface area contributed by atoms with E-state index in [0.717, 1.165) is 16.3 Å². The van der Waals surface area contributed by atoms with Gasteiger partial charge in [-0.1, -0.05) is 41.9 Å². The first kappa shape index (κ1) is 21.3. The zero-order valence-electron chi connectivity index (χ0n) is 18.5. The van der Waals surface area contributed by atoms with Gasteiger partial charge in [0.1, 0.15) is 5.75 Å². The number of amides is 1. The summed E-state index contributed by atoms with van der Waals surface area (Å²) in [4.78, 5) is 43.4. The van der Waals surface area contributed by atoms with E-state index in [0.29, 0.717) is 42.6 Å². The van der Waals surface area contributed by atoms with E-state index in [1.54, 1.807) is 42.2 Å².